The zero-order chi connectivity index (χ0) is 13.8. The fourth-order valence-electron chi connectivity index (χ4n) is 2.05. The van der Waals surface area contributed by atoms with Gasteiger partial charge in [-0.3, -0.25) is 4.79 Å². The lowest BCUT2D eigenvalue weighted by Gasteiger charge is -2.20. The molecule has 0 radical (unpaired) electrons. The number of thiophene rings is 1. The summed E-state index contributed by atoms with van der Waals surface area (Å²) >= 11 is 1.67. The van der Waals surface area contributed by atoms with Crippen molar-refractivity contribution in [1.82, 2.24) is 9.47 Å². The van der Waals surface area contributed by atoms with Crippen LogP contribution in [0.2, 0.25) is 0 Å². The minimum absolute atomic E-state index is 0.0365. The van der Waals surface area contributed by atoms with Crippen LogP contribution in [-0.4, -0.2) is 21.9 Å². The Morgan fingerprint density at radius 3 is 2.84 bits per heavy atom. The second kappa shape index (κ2) is 5.93. The Hall–Kier alpha value is -1.75. The lowest BCUT2D eigenvalue weighted by atomic mass is 10.3. The highest BCUT2D eigenvalue weighted by molar-refractivity contribution is 7.09. The van der Waals surface area contributed by atoms with E-state index in [4.69, 9.17) is 5.73 Å². The van der Waals surface area contributed by atoms with Crippen LogP contribution in [0.25, 0.3) is 0 Å². The molecule has 2 aromatic rings. The molecule has 0 atom stereocenters. The van der Waals surface area contributed by atoms with Crippen molar-refractivity contribution in [2.45, 2.75) is 26.9 Å². The molecular weight excluding hydrogens is 258 g/mol. The highest BCUT2D eigenvalue weighted by Gasteiger charge is 2.18. The first-order chi connectivity index (χ1) is 9.15. The molecule has 0 saturated carbocycles. The van der Waals surface area contributed by atoms with E-state index in [9.17, 15) is 4.79 Å². The Bertz CT molecular complexity index is 545. The molecule has 2 heterocycles. The van der Waals surface area contributed by atoms with Crippen LogP contribution in [-0.2, 0) is 13.1 Å². The summed E-state index contributed by atoms with van der Waals surface area (Å²) in [6.45, 7) is 6.09. The number of nitrogen functional groups attached to an aromatic ring is 1. The maximum atomic E-state index is 12.5. The third-order valence-corrected chi connectivity index (χ3v) is 3.93. The van der Waals surface area contributed by atoms with Crippen molar-refractivity contribution in [2.75, 3.05) is 12.3 Å². The highest BCUT2D eigenvalue weighted by Crippen LogP contribution is 2.17. The van der Waals surface area contributed by atoms with Crippen LogP contribution >= 0.6 is 11.3 Å². The van der Waals surface area contributed by atoms with E-state index in [0.29, 0.717) is 24.5 Å². The number of hydrogen-bond donors (Lipinski definition) is 1. The topological polar surface area (TPSA) is 51.3 Å². The summed E-state index contributed by atoms with van der Waals surface area (Å²) in [4.78, 5) is 15.6. The third kappa shape index (κ3) is 2.98. The van der Waals surface area contributed by atoms with E-state index in [2.05, 4.69) is 0 Å². The SMILES string of the molecule is CCN(Cc1cccs1)C(=O)c1cc(N)cn1CC. The number of aryl methyl sites for hydroxylation is 1. The number of rotatable bonds is 5. The first-order valence-electron chi connectivity index (χ1n) is 6.43. The largest absolute Gasteiger partial charge is 0.397 e. The van der Waals surface area contributed by atoms with Crippen LogP contribution in [0.1, 0.15) is 29.2 Å². The van der Waals surface area contributed by atoms with E-state index in [1.165, 1.54) is 4.88 Å². The van der Waals surface area contributed by atoms with Gasteiger partial charge < -0.3 is 15.2 Å². The Kier molecular flexibility index (Phi) is 4.27. The number of aromatic nitrogens is 1. The molecule has 5 heteroatoms. The van der Waals surface area contributed by atoms with Crippen molar-refractivity contribution < 1.29 is 4.79 Å². The molecule has 0 spiro atoms. The van der Waals surface area contributed by atoms with Crippen molar-refractivity contribution in [3.63, 3.8) is 0 Å². The van der Waals surface area contributed by atoms with E-state index < -0.39 is 0 Å². The monoisotopic (exact) mass is 277 g/mol. The van der Waals surface area contributed by atoms with Gasteiger partial charge in [-0.1, -0.05) is 6.07 Å². The quantitative estimate of drug-likeness (QED) is 0.913. The molecule has 19 heavy (non-hydrogen) atoms. The summed E-state index contributed by atoms with van der Waals surface area (Å²) in [5.74, 6) is 0.0365. The second-order valence-electron chi connectivity index (χ2n) is 4.34. The summed E-state index contributed by atoms with van der Waals surface area (Å²) in [6.07, 6.45) is 1.81. The summed E-state index contributed by atoms with van der Waals surface area (Å²) in [5.41, 5.74) is 7.08. The van der Waals surface area contributed by atoms with Crippen LogP contribution in [0.4, 0.5) is 5.69 Å². The molecule has 0 aliphatic rings. The van der Waals surface area contributed by atoms with Gasteiger partial charge in [-0.25, -0.2) is 0 Å². The van der Waals surface area contributed by atoms with Crippen molar-refractivity contribution in [3.8, 4) is 0 Å². The van der Waals surface area contributed by atoms with E-state index >= 15 is 0 Å². The molecular formula is C14H19N3OS. The summed E-state index contributed by atoms with van der Waals surface area (Å²) in [7, 11) is 0. The molecule has 102 valence electrons. The minimum Gasteiger partial charge on any atom is -0.397 e. The number of nitrogens with zero attached hydrogens (tertiary/aromatic N) is 2. The van der Waals surface area contributed by atoms with Crippen molar-refractivity contribution in [1.29, 1.82) is 0 Å². The van der Waals surface area contributed by atoms with Gasteiger partial charge in [0.2, 0.25) is 0 Å². The third-order valence-electron chi connectivity index (χ3n) is 3.07. The molecule has 0 saturated heterocycles. The Balaban J connectivity index is 2.20. The molecule has 1 amide bonds. The van der Waals surface area contributed by atoms with Gasteiger partial charge in [0.15, 0.2) is 0 Å². The number of anilines is 1. The van der Waals surface area contributed by atoms with E-state index in [1.54, 1.807) is 17.4 Å². The molecule has 2 rings (SSSR count). The molecule has 4 nitrogen and oxygen atoms in total. The minimum atomic E-state index is 0.0365. The average molecular weight is 277 g/mol. The van der Waals surface area contributed by atoms with E-state index in [0.717, 1.165) is 6.54 Å². The predicted octanol–water partition coefficient (Wildman–Crippen LogP) is 2.81. The van der Waals surface area contributed by atoms with Gasteiger partial charge in [0, 0.05) is 24.2 Å². The standard InChI is InChI=1S/C14H19N3OS/c1-3-16-9-11(15)8-13(16)14(18)17(4-2)10-12-6-5-7-19-12/h5-9H,3-4,10,15H2,1-2H3. The van der Waals surface area contributed by atoms with Crippen molar-refractivity contribution in [2.24, 2.45) is 0 Å². The fourth-order valence-corrected chi connectivity index (χ4v) is 2.77. The Morgan fingerprint density at radius 1 is 1.47 bits per heavy atom. The number of carbonyl (C=O) groups is 1. The van der Waals surface area contributed by atoms with Crippen LogP contribution < -0.4 is 5.73 Å². The zero-order valence-corrected chi connectivity index (χ0v) is 12.1. The smallest absolute Gasteiger partial charge is 0.270 e. The molecule has 0 aliphatic carbocycles. The molecule has 0 aliphatic heterocycles. The van der Waals surface area contributed by atoms with Gasteiger partial charge >= 0.3 is 0 Å². The van der Waals surface area contributed by atoms with Crippen LogP contribution in [0.5, 0.6) is 0 Å². The first-order valence-corrected chi connectivity index (χ1v) is 7.31. The summed E-state index contributed by atoms with van der Waals surface area (Å²) in [6, 6.07) is 5.81. The number of hydrogen-bond acceptors (Lipinski definition) is 3. The van der Waals surface area contributed by atoms with Crippen LogP contribution in [0.15, 0.2) is 29.8 Å². The fraction of sp³-hybridized carbons (Fsp3) is 0.357. The maximum absolute atomic E-state index is 12.5. The van der Waals surface area contributed by atoms with Crippen LogP contribution in [0.3, 0.4) is 0 Å². The lowest BCUT2D eigenvalue weighted by Crippen LogP contribution is -2.31. The first kappa shape index (κ1) is 13.7. The molecule has 2 N–H and O–H groups in total. The Labute approximate surface area is 117 Å². The van der Waals surface area contributed by atoms with Gasteiger partial charge in [0.05, 0.1) is 12.2 Å². The van der Waals surface area contributed by atoms with Crippen LogP contribution in [0, 0.1) is 0 Å². The molecule has 2 aromatic heterocycles. The van der Waals surface area contributed by atoms with Crippen molar-refractivity contribution >= 4 is 22.9 Å². The average Bonchev–Trinajstić information content (AvgIpc) is 3.04. The predicted molar refractivity (Wildman–Crippen MR) is 79.3 cm³/mol. The normalized spacial score (nSPS) is 10.6. The number of amides is 1. The van der Waals surface area contributed by atoms with Crippen molar-refractivity contribution in [3.05, 3.63) is 40.3 Å². The van der Waals surface area contributed by atoms with Gasteiger partial charge in [-0.2, -0.15) is 0 Å². The molecule has 0 bridgehead atoms. The molecule has 0 unspecified atom stereocenters. The highest BCUT2D eigenvalue weighted by atomic mass is 32.1. The van der Waals surface area contributed by atoms with Gasteiger partial charge in [0.1, 0.15) is 5.69 Å². The number of nitrogens with two attached hydrogens (primary N) is 1. The molecule has 0 fully saturated rings. The van der Waals surface area contributed by atoms with E-state index in [1.807, 2.05) is 47.0 Å². The molecule has 0 aromatic carbocycles. The van der Waals surface area contributed by atoms with E-state index in [-0.39, 0.29) is 5.91 Å². The Morgan fingerprint density at radius 2 is 2.26 bits per heavy atom. The lowest BCUT2D eigenvalue weighted by molar-refractivity contribution is 0.0743. The number of carbonyl (C=O) groups excluding carboxylic acids is 1. The van der Waals surface area contributed by atoms with Gasteiger partial charge in [-0.05, 0) is 31.4 Å². The maximum Gasteiger partial charge on any atom is 0.270 e. The second-order valence-corrected chi connectivity index (χ2v) is 5.38. The van der Waals surface area contributed by atoms with Gasteiger partial charge in [0.25, 0.3) is 5.91 Å². The zero-order valence-electron chi connectivity index (χ0n) is 11.3. The van der Waals surface area contributed by atoms with Gasteiger partial charge in [-0.15, -0.1) is 11.3 Å². The summed E-state index contributed by atoms with van der Waals surface area (Å²) in [5, 5.41) is 2.03. The summed E-state index contributed by atoms with van der Waals surface area (Å²) < 4.78 is 1.90.